The van der Waals surface area contributed by atoms with Crippen molar-refractivity contribution in [1.82, 2.24) is 10.3 Å². The third-order valence-electron chi connectivity index (χ3n) is 2.72. The maximum absolute atomic E-state index is 11.6. The van der Waals surface area contributed by atoms with Crippen molar-refractivity contribution in [2.24, 2.45) is 5.92 Å². The van der Waals surface area contributed by atoms with Gasteiger partial charge in [-0.1, -0.05) is 0 Å². The van der Waals surface area contributed by atoms with Crippen molar-refractivity contribution >= 4 is 17.1 Å². The lowest BCUT2D eigenvalue weighted by atomic mass is 9.99. The van der Waals surface area contributed by atoms with Gasteiger partial charge in [0.05, 0.1) is 6.61 Å². The molecule has 0 aliphatic carbocycles. The highest BCUT2D eigenvalue weighted by Crippen LogP contribution is 2.12. The number of nitrogens with one attached hydrogen (secondary N) is 1. The van der Waals surface area contributed by atoms with E-state index < -0.39 is 0 Å². The van der Waals surface area contributed by atoms with Crippen molar-refractivity contribution in [1.29, 1.82) is 0 Å². The van der Waals surface area contributed by atoms with Crippen LogP contribution in [0.25, 0.3) is 0 Å². The number of piperidine rings is 1. The summed E-state index contributed by atoms with van der Waals surface area (Å²) in [4.78, 5) is 15.5. The van der Waals surface area contributed by atoms with Crippen LogP contribution in [0.4, 0.5) is 0 Å². The Bertz CT molecular complexity index is 321. The monoisotopic (exact) mass is 240 g/mol. The van der Waals surface area contributed by atoms with Gasteiger partial charge in [-0.2, -0.15) is 0 Å². The molecule has 1 saturated heterocycles. The Balaban J connectivity index is 1.66. The van der Waals surface area contributed by atoms with Crippen molar-refractivity contribution in [3.63, 3.8) is 0 Å². The van der Waals surface area contributed by atoms with Crippen molar-refractivity contribution in [2.75, 3.05) is 26.3 Å². The van der Waals surface area contributed by atoms with E-state index in [1.165, 1.54) is 11.3 Å². The molecule has 1 aliphatic rings. The molecule has 0 radical (unpaired) electrons. The summed E-state index contributed by atoms with van der Waals surface area (Å²) in [6, 6.07) is 0. The average Bonchev–Trinajstić information content (AvgIpc) is 2.84. The third kappa shape index (κ3) is 3.37. The second kappa shape index (κ2) is 6.08. The van der Waals surface area contributed by atoms with Gasteiger partial charge in [-0.05, 0) is 31.8 Å². The fraction of sp³-hybridized carbons (Fsp3) is 0.636. The number of nitrogens with zero attached hydrogens (tertiary/aromatic N) is 1. The van der Waals surface area contributed by atoms with Crippen LogP contribution in [0.5, 0.6) is 0 Å². The molecule has 0 unspecified atom stereocenters. The fourth-order valence-electron chi connectivity index (χ4n) is 1.79. The van der Waals surface area contributed by atoms with E-state index in [9.17, 15) is 4.79 Å². The number of carbonyl (C=O) groups is 1. The van der Waals surface area contributed by atoms with Gasteiger partial charge in [-0.15, -0.1) is 11.3 Å². The Morgan fingerprint density at radius 3 is 3.06 bits per heavy atom. The first-order valence-electron chi connectivity index (χ1n) is 5.57. The maximum Gasteiger partial charge on any atom is 0.216 e. The van der Waals surface area contributed by atoms with Gasteiger partial charge in [-0.25, -0.2) is 4.98 Å². The van der Waals surface area contributed by atoms with Crippen LogP contribution < -0.4 is 5.32 Å². The van der Waals surface area contributed by atoms with E-state index in [1.807, 2.05) is 0 Å². The lowest BCUT2D eigenvalue weighted by molar-refractivity contribution is 0.0638. The predicted octanol–water partition coefficient (Wildman–Crippen LogP) is 1.34. The molecule has 1 aromatic heterocycles. The van der Waals surface area contributed by atoms with Crippen LogP contribution in [-0.4, -0.2) is 37.1 Å². The van der Waals surface area contributed by atoms with Crippen molar-refractivity contribution in [3.8, 4) is 0 Å². The molecule has 16 heavy (non-hydrogen) atoms. The first kappa shape index (κ1) is 11.7. The SMILES string of the molecule is O=C(COCC1CCNCC1)c1nccs1. The van der Waals surface area contributed by atoms with Gasteiger partial charge in [0.1, 0.15) is 6.61 Å². The van der Waals surface area contributed by atoms with Gasteiger partial charge in [0.15, 0.2) is 5.01 Å². The Labute approximate surface area is 99.0 Å². The Morgan fingerprint density at radius 2 is 2.38 bits per heavy atom. The summed E-state index contributed by atoms with van der Waals surface area (Å²) in [5, 5.41) is 5.66. The third-order valence-corrected chi connectivity index (χ3v) is 3.53. The summed E-state index contributed by atoms with van der Waals surface area (Å²) in [5.41, 5.74) is 0. The minimum absolute atomic E-state index is 0.0102. The molecular weight excluding hydrogens is 224 g/mol. The van der Waals surface area contributed by atoms with Gasteiger partial charge in [-0.3, -0.25) is 4.79 Å². The second-order valence-corrected chi connectivity index (χ2v) is 4.86. The van der Waals surface area contributed by atoms with E-state index in [1.54, 1.807) is 11.6 Å². The van der Waals surface area contributed by atoms with Gasteiger partial charge >= 0.3 is 0 Å². The predicted molar refractivity (Wildman–Crippen MR) is 62.9 cm³/mol. The zero-order valence-corrected chi connectivity index (χ0v) is 9.96. The molecular formula is C11H16N2O2S. The van der Waals surface area contributed by atoms with Crippen molar-refractivity contribution in [3.05, 3.63) is 16.6 Å². The summed E-state index contributed by atoms with van der Waals surface area (Å²) < 4.78 is 5.45. The molecule has 0 spiro atoms. The van der Waals surface area contributed by atoms with Crippen LogP contribution in [0.3, 0.4) is 0 Å². The molecule has 1 aromatic rings. The van der Waals surface area contributed by atoms with E-state index in [4.69, 9.17) is 4.74 Å². The van der Waals surface area contributed by atoms with Crippen LogP contribution in [0.2, 0.25) is 0 Å². The first-order chi connectivity index (χ1) is 7.86. The smallest absolute Gasteiger partial charge is 0.216 e. The normalized spacial score (nSPS) is 17.5. The quantitative estimate of drug-likeness (QED) is 0.789. The Morgan fingerprint density at radius 1 is 1.56 bits per heavy atom. The highest BCUT2D eigenvalue weighted by Gasteiger charge is 2.14. The Hall–Kier alpha value is -0.780. The van der Waals surface area contributed by atoms with Crippen LogP contribution in [0.15, 0.2) is 11.6 Å². The molecule has 0 saturated carbocycles. The number of ether oxygens (including phenoxy) is 1. The summed E-state index contributed by atoms with van der Waals surface area (Å²) in [6.07, 6.45) is 3.93. The number of ketones is 1. The number of rotatable bonds is 5. The minimum atomic E-state index is -0.0102. The van der Waals surface area contributed by atoms with Crippen LogP contribution in [-0.2, 0) is 4.74 Å². The minimum Gasteiger partial charge on any atom is -0.373 e. The molecule has 2 rings (SSSR count). The van der Waals surface area contributed by atoms with Crippen LogP contribution >= 0.6 is 11.3 Å². The van der Waals surface area contributed by atoms with E-state index >= 15 is 0 Å². The average molecular weight is 240 g/mol. The molecule has 2 heterocycles. The first-order valence-corrected chi connectivity index (χ1v) is 6.45. The summed E-state index contributed by atoms with van der Waals surface area (Å²) in [5.74, 6) is 0.592. The van der Waals surface area contributed by atoms with E-state index in [2.05, 4.69) is 10.3 Å². The second-order valence-electron chi connectivity index (χ2n) is 3.97. The molecule has 4 nitrogen and oxygen atoms in total. The number of hydrogen-bond acceptors (Lipinski definition) is 5. The number of hydrogen-bond donors (Lipinski definition) is 1. The van der Waals surface area contributed by atoms with Crippen molar-refractivity contribution in [2.45, 2.75) is 12.8 Å². The largest absolute Gasteiger partial charge is 0.373 e. The lowest BCUT2D eigenvalue weighted by Crippen LogP contribution is -2.30. The van der Waals surface area contributed by atoms with E-state index in [0.29, 0.717) is 17.5 Å². The van der Waals surface area contributed by atoms with Crippen LogP contribution in [0.1, 0.15) is 22.6 Å². The van der Waals surface area contributed by atoms with Gasteiger partial charge in [0.25, 0.3) is 0 Å². The van der Waals surface area contributed by atoms with Crippen LogP contribution in [0, 0.1) is 5.92 Å². The molecule has 5 heteroatoms. The summed E-state index contributed by atoms with van der Waals surface area (Å²) >= 11 is 1.37. The zero-order chi connectivity index (χ0) is 11.2. The zero-order valence-electron chi connectivity index (χ0n) is 9.15. The lowest BCUT2D eigenvalue weighted by Gasteiger charge is -2.21. The Kier molecular flexibility index (Phi) is 4.44. The standard InChI is InChI=1S/C11H16N2O2S/c14-10(11-13-5-6-16-11)8-15-7-9-1-3-12-4-2-9/h5-6,9,12H,1-4,7-8H2. The molecule has 1 fully saturated rings. The van der Waals surface area contributed by atoms with E-state index in [-0.39, 0.29) is 12.4 Å². The molecule has 1 N–H and O–H groups in total. The number of thiazole rings is 1. The number of carbonyl (C=O) groups excluding carboxylic acids is 1. The highest BCUT2D eigenvalue weighted by atomic mass is 32.1. The molecule has 1 aliphatic heterocycles. The molecule has 0 amide bonds. The molecule has 0 bridgehead atoms. The molecule has 0 aromatic carbocycles. The number of aromatic nitrogens is 1. The molecule has 88 valence electrons. The van der Waals surface area contributed by atoms with E-state index in [0.717, 1.165) is 25.9 Å². The van der Waals surface area contributed by atoms with Crippen molar-refractivity contribution < 1.29 is 9.53 Å². The topological polar surface area (TPSA) is 51.2 Å². The highest BCUT2D eigenvalue weighted by molar-refractivity contribution is 7.11. The van der Waals surface area contributed by atoms with Gasteiger partial charge in [0, 0.05) is 11.6 Å². The number of Topliss-reactive ketones (excluding diaryl/α,β-unsaturated/α-hetero) is 1. The molecule has 0 atom stereocenters. The van der Waals surface area contributed by atoms with Gasteiger partial charge in [0.2, 0.25) is 5.78 Å². The maximum atomic E-state index is 11.6. The summed E-state index contributed by atoms with van der Waals surface area (Å²) in [6.45, 7) is 2.99. The summed E-state index contributed by atoms with van der Waals surface area (Å²) in [7, 11) is 0. The fourth-order valence-corrected chi connectivity index (χ4v) is 2.35. The van der Waals surface area contributed by atoms with Gasteiger partial charge < -0.3 is 10.1 Å².